The van der Waals surface area contributed by atoms with Crippen LogP contribution in [0.5, 0.6) is 5.75 Å². The predicted molar refractivity (Wildman–Crippen MR) is 73.3 cm³/mol. The molecule has 112 valence electrons. The molecule has 0 unspecified atom stereocenters. The van der Waals surface area contributed by atoms with E-state index in [0.717, 1.165) is 12.8 Å². The van der Waals surface area contributed by atoms with Gasteiger partial charge in [0.1, 0.15) is 12.1 Å². The number of hydrogen-bond donors (Lipinski definition) is 1. The minimum absolute atomic E-state index is 0.0795. The van der Waals surface area contributed by atoms with Crippen LogP contribution in [0.2, 0.25) is 0 Å². The first-order chi connectivity index (χ1) is 10.1. The Bertz CT molecular complexity index is 570. The van der Waals surface area contributed by atoms with Gasteiger partial charge in [0.05, 0.1) is 6.54 Å². The zero-order chi connectivity index (χ0) is 14.9. The summed E-state index contributed by atoms with van der Waals surface area (Å²) in [5, 5.41) is 2.80. The number of ether oxygens (including phenoxy) is 1. The van der Waals surface area contributed by atoms with Crippen LogP contribution >= 0.6 is 0 Å². The molecule has 1 aromatic rings. The molecule has 0 bridgehead atoms. The topological polar surface area (TPSA) is 58.6 Å². The zero-order valence-corrected chi connectivity index (χ0v) is 11.6. The summed E-state index contributed by atoms with van der Waals surface area (Å²) in [5.41, 5.74) is -0.699. The molecular weight excluding hydrogens is 275 g/mol. The van der Waals surface area contributed by atoms with Crippen LogP contribution in [0.4, 0.5) is 9.18 Å². The van der Waals surface area contributed by atoms with Crippen LogP contribution in [0.3, 0.4) is 0 Å². The Morgan fingerprint density at radius 2 is 1.95 bits per heavy atom. The molecular formula is C15H17FN2O3. The van der Waals surface area contributed by atoms with E-state index in [4.69, 9.17) is 4.74 Å². The zero-order valence-electron chi connectivity index (χ0n) is 11.6. The SMILES string of the molecule is O=C1NC2(CCCC2)C(=O)N1CCOc1ccccc1F. The molecule has 0 radical (unpaired) electrons. The molecule has 2 aliphatic rings. The molecule has 1 heterocycles. The lowest BCUT2D eigenvalue weighted by atomic mass is 9.98. The third-order valence-corrected chi connectivity index (χ3v) is 4.11. The largest absolute Gasteiger partial charge is 0.489 e. The van der Waals surface area contributed by atoms with Gasteiger partial charge in [-0.15, -0.1) is 0 Å². The van der Waals surface area contributed by atoms with Crippen LogP contribution in [0.1, 0.15) is 25.7 Å². The van der Waals surface area contributed by atoms with Gasteiger partial charge in [0, 0.05) is 0 Å². The van der Waals surface area contributed by atoms with Crippen molar-refractivity contribution in [1.82, 2.24) is 10.2 Å². The smallest absolute Gasteiger partial charge is 0.325 e. The number of rotatable bonds is 4. The van der Waals surface area contributed by atoms with E-state index in [1.807, 2.05) is 0 Å². The number of nitrogens with one attached hydrogen (secondary N) is 1. The van der Waals surface area contributed by atoms with Crippen molar-refractivity contribution in [2.24, 2.45) is 0 Å². The standard InChI is InChI=1S/C15H17FN2O3/c16-11-5-1-2-6-12(11)21-10-9-18-13(19)15(17-14(18)20)7-3-4-8-15/h1-2,5-6H,3-4,7-10H2,(H,17,20). The van der Waals surface area contributed by atoms with E-state index >= 15 is 0 Å². The lowest BCUT2D eigenvalue weighted by Crippen LogP contribution is -2.44. The molecule has 5 nitrogen and oxygen atoms in total. The average Bonchev–Trinajstić information content (AvgIpc) is 3.02. The van der Waals surface area contributed by atoms with Crippen molar-refractivity contribution in [2.45, 2.75) is 31.2 Å². The van der Waals surface area contributed by atoms with Crippen molar-refractivity contribution in [2.75, 3.05) is 13.2 Å². The third-order valence-electron chi connectivity index (χ3n) is 4.11. The fourth-order valence-electron chi connectivity index (χ4n) is 3.01. The Balaban J connectivity index is 1.59. The third kappa shape index (κ3) is 2.46. The van der Waals surface area contributed by atoms with Gasteiger partial charge in [-0.05, 0) is 25.0 Å². The van der Waals surface area contributed by atoms with E-state index in [1.54, 1.807) is 12.1 Å². The summed E-state index contributed by atoms with van der Waals surface area (Å²) in [6.07, 6.45) is 3.29. The number of carbonyl (C=O) groups is 2. The summed E-state index contributed by atoms with van der Waals surface area (Å²) in [7, 11) is 0. The van der Waals surface area contributed by atoms with Gasteiger partial charge >= 0.3 is 6.03 Å². The van der Waals surface area contributed by atoms with Gasteiger partial charge in [-0.2, -0.15) is 0 Å². The second-order valence-electron chi connectivity index (χ2n) is 5.46. The number of benzene rings is 1. The summed E-state index contributed by atoms with van der Waals surface area (Å²) < 4.78 is 18.7. The van der Waals surface area contributed by atoms with Gasteiger partial charge in [-0.25, -0.2) is 9.18 Å². The average molecular weight is 292 g/mol. The number of imide groups is 1. The Kier molecular flexibility index (Phi) is 3.53. The molecule has 6 heteroatoms. The molecule has 1 spiro atoms. The molecule has 1 saturated heterocycles. The number of carbonyl (C=O) groups excluding carboxylic acids is 2. The second kappa shape index (κ2) is 5.35. The molecule has 1 saturated carbocycles. The van der Waals surface area contributed by atoms with E-state index in [0.29, 0.717) is 12.8 Å². The molecule has 21 heavy (non-hydrogen) atoms. The van der Waals surface area contributed by atoms with Crippen molar-refractivity contribution >= 4 is 11.9 Å². The summed E-state index contributed by atoms with van der Waals surface area (Å²) >= 11 is 0. The Hall–Kier alpha value is -2.11. The molecule has 3 amide bonds. The highest BCUT2D eigenvalue weighted by molar-refractivity contribution is 6.07. The van der Waals surface area contributed by atoms with Gasteiger partial charge in [-0.1, -0.05) is 25.0 Å². The molecule has 1 N–H and O–H groups in total. The number of halogens is 1. The summed E-state index contributed by atoms with van der Waals surface area (Å²) in [6, 6.07) is 5.68. The molecule has 1 aliphatic carbocycles. The number of hydrogen-bond acceptors (Lipinski definition) is 3. The van der Waals surface area contributed by atoms with Crippen molar-refractivity contribution < 1.29 is 18.7 Å². The van der Waals surface area contributed by atoms with Gasteiger partial charge in [0.2, 0.25) is 0 Å². The van der Waals surface area contributed by atoms with Crippen LogP contribution in [-0.4, -0.2) is 35.5 Å². The van der Waals surface area contributed by atoms with Gasteiger partial charge in [0.15, 0.2) is 11.6 Å². The number of urea groups is 1. The molecule has 1 aromatic carbocycles. The first-order valence-corrected chi connectivity index (χ1v) is 7.14. The minimum atomic E-state index is -0.699. The minimum Gasteiger partial charge on any atom is -0.489 e. The fourth-order valence-corrected chi connectivity index (χ4v) is 3.01. The van der Waals surface area contributed by atoms with Gasteiger partial charge in [0.25, 0.3) is 5.91 Å². The van der Waals surface area contributed by atoms with Crippen molar-refractivity contribution in [3.05, 3.63) is 30.1 Å². The first kappa shape index (κ1) is 13.9. The van der Waals surface area contributed by atoms with E-state index in [1.165, 1.54) is 17.0 Å². The predicted octanol–water partition coefficient (Wildman–Crippen LogP) is 2.07. The molecule has 0 atom stereocenters. The Labute approximate surface area is 122 Å². The highest BCUT2D eigenvalue weighted by atomic mass is 19.1. The van der Waals surface area contributed by atoms with Crippen LogP contribution in [0.25, 0.3) is 0 Å². The monoisotopic (exact) mass is 292 g/mol. The van der Waals surface area contributed by atoms with Crippen molar-refractivity contribution in [3.63, 3.8) is 0 Å². The lowest BCUT2D eigenvalue weighted by Gasteiger charge is -2.20. The van der Waals surface area contributed by atoms with Crippen LogP contribution in [0, 0.1) is 5.82 Å². The summed E-state index contributed by atoms with van der Waals surface area (Å²) in [4.78, 5) is 25.5. The molecule has 3 rings (SSSR count). The maximum absolute atomic E-state index is 13.4. The normalized spacial score (nSPS) is 20.1. The summed E-state index contributed by atoms with van der Waals surface area (Å²) in [6.45, 7) is 0.205. The maximum Gasteiger partial charge on any atom is 0.325 e. The fraction of sp³-hybridized carbons (Fsp3) is 0.467. The van der Waals surface area contributed by atoms with E-state index in [-0.39, 0.29) is 30.8 Å². The van der Waals surface area contributed by atoms with Gasteiger partial charge in [-0.3, -0.25) is 9.69 Å². The highest BCUT2D eigenvalue weighted by Crippen LogP contribution is 2.34. The molecule has 0 aromatic heterocycles. The Morgan fingerprint density at radius 1 is 1.24 bits per heavy atom. The van der Waals surface area contributed by atoms with Crippen molar-refractivity contribution in [1.29, 1.82) is 0 Å². The summed E-state index contributed by atoms with van der Waals surface area (Å²) in [5.74, 6) is -0.510. The number of nitrogens with zero attached hydrogens (tertiary/aromatic N) is 1. The maximum atomic E-state index is 13.4. The van der Waals surface area contributed by atoms with E-state index < -0.39 is 11.4 Å². The van der Waals surface area contributed by atoms with Crippen molar-refractivity contribution in [3.8, 4) is 5.75 Å². The number of amides is 3. The second-order valence-corrected chi connectivity index (χ2v) is 5.46. The van der Waals surface area contributed by atoms with E-state index in [9.17, 15) is 14.0 Å². The molecule has 2 fully saturated rings. The molecule has 1 aliphatic heterocycles. The van der Waals surface area contributed by atoms with E-state index in [2.05, 4.69) is 5.32 Å². The quantitative estimate of drug-likeness (QED) is 0.864. The van der Waals surface area contributed by atoms with Gasteiger partial charge < -0.3 is 10.1 Å². The first-order valence-electron chi connectivity index (χ1n) is 7.14. The Morgan fingerprint density at radius 3 is 2.67 bits per heavy atom. The number of para-hydroxylation sites is 1. The lowest BCUT2D eigenvalue weighted by molar-refractivity contribution is -0.131. The highest BCUT2D eigenvalue weighted by Gasteiger charge is 2.52. The van der Waals surface area contributed by atoms with Crippen LogP contribution in [0.15, 0.2) is 24.3 Å². The van der Waals surface area contributed by atoms with Crippen LogP contribution < -0.4 is 10.1 Å². The van der Waals surface area contributed by atoms with Crippen LogP contribution in [-0.2, 0) is 4.79 Å².